The van der Waals surface area contributed by atoms with E-state index in [0.29, 0.717) is 16.7 Å². The van der Waals surface area contributed by atoms with Gasteiger partial charge in [-0.15, -0.1) is 0 Å². The molecule has 4 heterocycles. The van der Waals surface area contributed by atoms with Gasteiger partial charge in [0.05, 0.1) is 23.3 Å². The molecule has 0 atom stereocenters. The smallest absolute Gasteiger partial charge is 0.162 e. The van der Waals surface area contributed by atoms with Crippen LogP contribution in [0.3, 0.4) is 0 Å². The molecule has 2 aliphatic rings. The first-order valence-corrected chi connectivity index (χ1v) is 11.7. The first-order valence-electron chi connectivity index (χ1n) is 11.7. The Morgan fingerprint density at radius 2 is 1.82 bits per heavy atom. The van der Waals surface area contributed by atoms with Crippen molar-refractivity contribution < 1.29 is 13.5 Å². The van der Waals surface area contributed by atoms with E-state index in [-0.39, 0.29) is 11.6 Å². The SMILES string of the molecule is C1CCOCC1.CC(C)n1ncc2c(-c3ccc(F)cc3F)ncnc21.c1cnn(C2CC2)c1. The fourth-order valence-corrected chi connectivity index (χ4v) is 3.66. The molecule has 7 nitrogen and oxygen atoms in total. The van der Waals surface area contributed by atoms with Crippen molar-refractivity contribution >= 4 is 11.0 Å². The maximum Gasteiger partial charge on any atom is 0.162 e. The number of fused-ring (bicyclic) bond motifs is 1. The highest BCUT2D eigenvalue weighted by molar-refractivity contribution is 5.90. The Hall–Kier alpha value is -3.20. The maximum absolute atomic E-state index is 13.9. The number of hydrogen-bond donors (Lipinski definition) is 0. The Labute approximate surface area is 197 Å². The van der Waals surface area contributed by atoms with E-state index in [1.807, 2.05) is 37.0 Å². The van der Waals surface area contributed by atoms with E-state index in [2.05, 4.69) is 20.2 Å². The standard InChI is InChI=1S/C14H12F2N4.C6H8N2.C5H10O/c1-8(2)20-14-11(6-19-20)13(17-7-18-14)10-4-3-9(15)5-12(10)16;1-4-7-8(5-1)6-2-3-6;1-2-4-6-5-3-1/h3-8H,1-2H3;1,4-6H,2-3H2;1-5H2. The summed E-state index contributed by atoms with van der Waals surface area (Å²) in [6, 6.07) is 6.27. The normalized spacial score (nSPS) is 15.4. The van der Waals surface area contributed by atoms with Crippen molar-refractivity contribution in [2.24, 2.45) is 0 Å². The van der Waals surface area contributed by atoms with E-state index in [1.165, 1.54) is 50.6 Å². The molecule has 34 heavy (non-hydrogen) atoms. The van der Waals surface area contributed by atoms with Crippen LogP contribution in [0, 0.1) is 11.6 Å². The number of benzene rings is 1. The molecule has 0 bridgehead atoms. The van der Waals surface area contributed by atoms with Gasteiger partial charge in [0.15, 0.2) is 5.65 Å². The zero-order valence-corrected chi connectivity index (χ0v) is 19.6. The molecule has 2 fully saturated rings. The highest BCUT2D eigenvalue weighted by atomic mass is 19.1. The average molecular weight is 469 g/mol. The molecule has 1 saturated carbocycles. The van der Waals surface area contributed by atoms with E-state index < -0.39 is 11.6 Å². The van der Waals surface area contributed by atoms with Crippen molar-refractivity contribution in [2.45, 2.75) is 58.0 Å². The summed E-state index contributed by atoms with van der Waals surface area (Å²) < 4.78 is 35.7. The van der Waals surface area contributed by atoms with Gasteiger partial charge in [-0.25, -0.2) is 23.4 Å². The quantitative estimate of drug-likeness (QED) is 0.382. The van der Waals surface area contributed by atoms with Crippen LogP contribution in [0.5, 0.6) is 0 Å². The topological polar surface area (TPSA) is 70.7 Å². The molecule has 1 aromatic carbocycles. The van der Waals surface area contributed by atoms with Gasteiger partial charge in [-0.1, -0.05) is 0 Å². The molecule has 0 amide bonds. The lowest BCUT2D eigenvalue weighted by Gasteiger charge is -2.08. The van der Waals surface area contributed by atoms with Crippen LogP contribution in [0.15, 0.2) is 49.2 Å². The van der Waals surface area contributed by atoms with Crippen molar-refractivity contribution in [1.82, 2.24) is 29.5 Å². The molecular weight excluding hydrogens is 438 g/mol. The Morgan fingerprint density at radius 1 is 1.03 bits per heavy atom. The third-order valence-electron chi connectivity index (χ3n) is 5.59. The second-order valence-corrected chi connectivity index (χ2v) is 8.66. The number of hydrogen-bond acceptors (Lipinski definition) is 5. The molecule has 3 aromatic heterocycles. The molecule has 0 unspecified atom stereocenters. The van der Waals surface area contributed by atoms with Crippen molar-refractivity contribution in [3.63, 3.8) is 0 Å². The molecule has 4 aromatic rings. The van der Waals surface area contributed by atoms with Crippen molar-refractivity contribution in [1.29, 1.82) is 0 Å². The first-order chi connectivity index (χ1) is 16.5. The number of rotatable bonds is 3. The summed E-state index contributed by atoms with van der Waals surface area (Å²) in [4.78, 5) is 8.30. The molecule has 1 aliphatic heterocycles. The number of ether oxygens (including phenoxy) is 1. The Kier molecular flexibility index (Phi) is 7.95. The fraction of sp³-hybridized carbons (Fsp3) is 0.440. The predicted octanol–water partition coefficient (Wildman–Crippen LogP) is 5.76. The second-order valence-electron chi connectivity index (χ2n) is 8.66. The number of halogens is 2. The van der Waals surface area contributed by atoms with Crippen LogP contribution in [-0.4, -0.2) is 42.7 Å². The maximum atomic E-state index is 13.9. The lowest BCUT2D eigenvalue weighted by atomic mass is 10.1. The molecule has 0 spiro atoms. The summed E-state index contributed by atoms with van der Waals surface area (Å²) in [5.74, 6) is -1.27. The van der Waals surface area contributed by atoms with Crippen LogP contribution < -0.4 is 0 Å². The number of nitrogens with zero attached hydrogens (tertiary/aromatic N) is 6. The molecule has 0 N–H and O–H groups in total. The van der Waals surface area contributed by atoms with Crippen LogP contribution in [0.1, 0.15) is 58.0 Å². The third-order valence-corrected chi connectivity index (χ3v) is 5.59. The van der Waals surface area contributed by atoms with E-state index >= 15 is 0 Å². The van der Waals surface area contributed by atoms with Crippen molar-refractivity contribution in [3.8, 4) is 11.3 Å². The molecular formula is C25H30F2N6O. The summed E-state index contributed by atoms with van der Waals surface area (Å²) in [6.07, 6.45) is 13.4. The Morgan fingerprint density at radius 3 is 2.38 bits per heavy atom. The van der Waals surface area contributed by atoms with Crippen molar-refractivity contribution in [3.05, 3.63) is 60.8 Å². The van der Waals surface area contributed by atoms with Crippen LogP contribution in [0.25, 0.3) is 22.3 Å². The zero-order chi connectivity index (χ0) is 23.9. The monoisotopic (exact) mass is 468 g/mol. The lowest BCUT2D eigenvalue weighted by molar-refractivity contribution is 0.0968. The minimum absolute atomic E-state index is 0.133. The molecule has 1 saturated heterocycles. The van der Waals surface area contributed by atoms with Gasteiger partial charge in [-0.3, -0.25) is 4.68 Å². The van der Waals surface area contributed by atoms with Crippen LogP contribution >= 0.6 is 0 Å². The van der Waals surface area contributed by atoms with Crippen LogP contribution in [0.2, 0.25) is 0 Å². The molecule has 9 heteroatoms. The van der Waals surface area contributed by atoms with Gasteiger partial charge in [0.2, 0.25) is 0 Å². The fourth-order valence-electron chi connectivity index (χ4n) is 3.66. The van der Waals surface area contributed by atoms with Crippen LogP contribution in [-0.2, 0) is 4.74 Å². The van der Waals surface area contributed by atoms with Gasteiger partial charge >= 0.3 is 0 Å². The third kappa shape index (κ3) is 6.02. The van der Waals surface area contributed by atoms with Gasteiger partial charge < -0.3 is 4.74 Å². The van der Waals surface area contributed by atoms with Crippen LogP contribution in [0.4, 0.5) is 8.78 Å². The zero-order valence-electron chi connectivity index (χ0n) is 19.6. The molecule has 6 rings (SSSR count). The summed E-state index contributed by atoms with van der Waals surface area (Å²) in [5.41, 5.74) is 1.29. The summed E-state index contributed by atoms with van der Waals surface area (Å²) in [7, 11) is 0. The summed E-state index contributed by atoms with van der Waals surface area (Å²) in [5, 5.41) is 8.99. The first kappa shape index (κ1) is 23.9. The highest BCUT2D eigenvalue weighted by Gasteiger charge is 2.23. The van der Waals surface area contributed by atoms with Gasteiger partial charge in [0, 0.05) is 43.3 Å². The second kappa shape index (κ2) is 11.3. The van der Waals surface area contributed by atoms with Crippen molar-refractivity contribution in [2.75, 3.05) is 13.2 Å². The Balaban J connectivity index is 0.000000158. The molecule has 180 valence electrons. The predicted molar refractivity (Wildman–Crippen MR) is 126 cm³/mol. The van der Waals surface area contributed by atoms with Gasteiger partial charge in [0.1, 0.15) is 18.0 Å². The molecule has 0 radical (unpaired) electrons. The van der Waals surface area contributed by atoms with E-state index in [1.54, 1.807) is 10.9 Å². The van der Waals surface area contributed by atoms with E-state index in [0.717, 1.165) is 25.3 Å². The van der Waals surface area contributed by atoms with Gasteiger partial charge in [-0.2, -0.15) is 10.2 Å². The van der Waals surface area contributed by atoms with E-state index in [9.17, 15) is 8.78 Å². The largest absolute Gasteiger partial charge is 0.381 e. The summed E-state index contributed by atoms with van der Waals surface area (Å²) in [6.45, 7) is 5.96. The van der Waals surface area contributed by atoms with Gasteiger partial charge in [0.25, 0.3) is 0 Å². The number of aromatic nitrogens is 6. The minimum atomic E-state index is -0.651. The summed E-state index contributed by atoms with van der Waals surface area (Å²) >= 11 is 0. The van der Waals surface area contributed by atoms with Gasteiger partial charge in [-0.05, 0) is 64.2 Å². The van der Waals surface area contributed by atoms with E-state index in [4.69, 9.17) is 4.74 Å². The highest BCUT2D eigenvalue weighted by Crippen LogP contribution is 2.33. The average Bonchev–Trinajstić information content (AvgIpc) is 3.36. The lowest BCUT2D eigenvalue weighted by Crippen LogP contribution is -2.03. The molecule has 1 aliphatic carbocycles. The Bertz CT molecular complexity index is 1170. The minimum Gasteiger partial charge on any atom is -0.381 e.